The van der Waals surface area contributed by atoms with Gasteiger partial charge in [-0.15, -0.1) is 0 Å². The lowest BCUT2D eigenvalue weighted by atomic mass is 10.1. The van der Waals surface area contributed by atoms with Gasteiger partial charge in [0.25, 0.3) is 5.91 Å². The number of likely N-dealkylation sites (N-methyl/N-ethyl adjacent to an activating group) is 1. The molecule has 1 aliphatic rings. The molecule has 1 fully saturated rings. The number of halogens is 1. The lowest BCUT2D eigenvalue weighted by Gasteiger charge is -2.32. The Balaban J connectivity index is 1.27. The van der Waals surface area contributed by atoms with E-state index < -0.39 is 0 Å². The zero-order chi connectivity index (χ0) is 21.6. The largest absolute Gasteiger partial charge is 0.348 e. The molecule has 1 N–H and O–H groups in total. The monoisotopic (exact) mass is 437 g/mol. The predicted octanol–water partition coefficient (Wildman–Crippen LogP) is 3.26. The Morgan fingerprint density at radius 1 is 1.00 bits per heavy atom. The predicted molar refractivity (Wildman–Crippen MR) is 123 cm³/mol. The van der Waals surface area contributed by atoms with E-state index in [0.29, 0.717) is 23.7 Å². The van der Waals surface area contributed by atoms with E-state index in [0.717, 1.165) is 43.9 Å². The van der Waals surface area contributed by atoms with Crippen molar-refractivity contribution >= 4 is 17.5 Å². The van der Waals surface area contributed by atoms with Crippen LogP contribution in [0.3, 0.4) is 0 Å². The highest BCUT2D eigenvalue weighted by atomic mass is 35.5. The minimum atomic E-state index is -0.132. The molecule has 0 aliphatic carbocycles. The Labute approximate surface area is 188 Å². The lowest BCUT2D eigenvalue weighted by molar-refractivity contribution is 0.0951. The van der Waals surface area contributed by atoms with Crippen LogP contribution in [-0.2, 0) is 19.6 Å². The molecule has 31 heavy (non-hydrogen) atoms. The number of carbonyl (C=O) groups is 1. The van der Waals surface area contributed by atoms with Crippen LogP contribution in [0, 0.1) is 0 Å². The maximum Gasteiger partial charge on any atom is 0.254 e. The van der Waals surface area contributed by atoms with Crippen LogP contribution in [0.15, 0.2) is 60.9 Å². The Hall–Kier alpha value is -2.67. The second kappa shape index (κ2) is 10.1. The summed E-state index contributed by atoms with van der Waals surface area (Å²) in [6.07, 6.45) is 3.34. The summed E-state index contributed by atoms with van der Waals surface area (Å²) in [5.41, 5.74) is 3.90. The second-order valence-corrected chi connectivity index (χ2v) is 8.50. The number of hydrogen-bond acceptors (Lipinski definition) is 4. The summed E-state index contributed by atoms with van der Waals surface area (Å²) >= 11 is 6.21. The van der Waals surface area contributed by atoms with E-state index in [-0.39, 0.29) is 5.91 Å². The van der Waals surface area contributed by atoms with Gasteiger partial charge in [0.05, 0.1) is 18.3 Å². The van der Waals surface area contributed by atoms with Crippen molar-refractivity contribution in [2.75, 3.05) is 33.2 Å². The Kier molecular flexibility index (Phi) is 7.02. The van der Waals surface area contributed by atoms with E-state index in [1.54, 1.807) is 17.1 Å². The molecular formula is C24H28ClN5O. The van der Waals surface area contributed by atoms with Crippen LogP contribution >= 0.6 is 11.6 Å². The number of aromatic nitrogens is 2. The molecule has 1 aromatic heterocycles. The van der Waals surface area contributed by atoms with E-state index in [1.807, 2.05) is 24.3 Å². The maximum atomic E-state index is 12.5. The molecule has 3 aromatic rings. The molecule has 1 saturated heterocycles. The summed E-state index contributed by atoms with van der Waals surface area (Å²) in [7, 11) is 2.17. The average Bonchev–Trinajstić information content (AvgIpc) is 3.25. The van der Waals surface area contributed by atoms with Crippen LogP contribution in [-0.4, -0.2) is 58.7 Å². The van der Waals surface area contributed by atoms with Gasteiger partial charge in [0.1, 0.15) is 0 Å². The first kappa shape index (κ1) is 21.6. The number of nitrogens with one attached hydrogen (secondary N) is 1. The van der Waals surface area contributed by atoms with Crippen molar-refractivity contribution in [1.82, 2.24) is 24.9 Å². The molecule has 162 valence electrons. The molecule has 4 rings (SSSR count). The van der Waals surface area contributed by atoms with Crippen molar-refractivity contribution in [3.8, 4) is 0 Å². The standard InChI is InChI=1S/C24H28ClN5O/c1-28-10-12-29(13-11-28)16-20-8-6-19(7-9-20)14-26-24(31)22-15-27-30(18-22)17-21-4-2-3-5-23(21)25/h2-9,15,18H,10-14,16-17H2,1H3,(H,26,31). The van der Waals surface area contributed by atoms with Crippen LogP contribution in [0.5, 0.6) is 0 Å². The number of hydrogen-bond donors (Lipinski definition) is 1. The molecule has 1 aliphatic heterocycles. The van der Waals surface area contributed by atoms with Crippen LogP contribution < -0.4 is 5.32 Å². The molecule has 0 spiro atoms. The van der Waals surface area contributed by atoms with Gasteiger partial charge in [0, 0.05) is 50.5 Å². The Morgan fingerprint density at radius 2 is 1.71 bits per heavy atom. The zero-order valence-corrected chi connectivity index (χ0v) is 18.6. The first-order valence-corrected chi connectivity index (χ1v) is 11.0. The number of rotatable bonds is 7. The van der Waals surface area contributed by atoms with Crippen molar-refractivity contribution in [2.45, 2.75) is 19.6 Å². The second-order valence-electron chi connectivity index (χ2n) is 8.10. The summed E-state index contributed by atoms with van der Waals surface area (Å²) in [4.78, 5) is 17.4. The van der Waals surface area contributed by atoms with Gasteiger partial charge in [-0.1, -0.05) is 54.1 Å². The third-order valence-corrected chi connectivity index (χ3v) is 6.03. The number of amides is 1. The quantitative estimate of drug-likeness (QED) is 0.616. The summed E-state index contributed by atoms with van der Waals surface area (Å²) in [6, 6.07) is 16.1. The van der Waals surface area contributed by atoms with Crippen LogP contribution in [0.1, 0.15) is 27.0 Å². The van der Waals surface area contributed by atoms with Gasteiger partial charge in [-0.25, -0.2) is 0 Å². The van der Waals surface area contributed by atoms with Gasteiger partial charge in [0.2, 0.25) is 0 Å². The SMILES string of the molecule is CN1CCN(Cc2ccc(CNC(=O)c3cnn(Cc4ccccc4Cl)c3)cc2)CC1. The van der Waals surface area contributed by atoms with Crippen LogP contribution in [0.25, 0.3) is 0 Å². The van der Waals surface area contributed by atoms with Crippen molar-refractivity contribution in [1.29, 1.82) is 0 Å². The molecule has 0 unspecified atom stereocenters. The van der Waals surface area contributed by atoms with Gasteiger partial charge in [-0.05, 0) is 29.8 Å². The highest BCUT2D eigenvalue weighted by Gasteiger charge is 2.14. The average molecular weight is 438 g/mol. The fourth-order valence-electron chi connectivity index (χ4n) is 3.68. The van der Waals surface area contributed by atoms with E-state index >= 15 is 0 Å². The summed E-state index contributed by atoms with van der Waals surface area (Å²) in [5.74, 6) is -0.132. The summed E-state index contributed by atoms with van der Waals surface area (Å²) in [6.45, 7) is 6.46. The Morgan fingerprint density at radius 3 is 2.45 bits per heavy atom. The van der Waals surface area contributed by atoms with Gasteiger partial charge < -0.3 is 10.2 Å². The van der Waals surface area contributed by atoms with E-state index in [9.17, 15) is 4.79 Å². The highest BCUT2D eigenvalue weighted by molar-refractivity contribution is 6.31. The van der Waals surface area contributed by atoms with Crippen molar-refractivity contribution < 1.29 is 4.79 Å². The van der Waals surface area contributed by atoms with Crippen LogP contribution in [0.2, 0.25) is 5.02 Å². The van der Waals surface area contributed by atoms with Crippen molar-refractivity contribution in [3.05, 3.63) is 88.2 Å². The number of carbonyl (C=O) groups excluding carboxylic acids is 1. The molecular weight excluding hydrogens is 410 g/mol. The van der Waals surface area contributed by atoms with Crippen molar-refractivity contribution in [3.63, 3.8) is 0 Å². The molecule has 0 radical (unpaired) electrons. The summed E-state index contributed by atoms with van der Waals surface area (Å²) < 4.78 is 1.73. The molecule has 2 heterocycles. The Bertz CT molecular complexity index is 1010. The van der Waals surface area contributed by atoms with Gasteiger partial charge in [-0.2, -0.15) is 5.10 Å². The molecule has 6 nitrogen and oxygen atoms in total. The first-order chi connectivity index (χ1) is 15.1. The maximum absolute atomic E-state index is 12.5. The molecule has 0 saturated carbocycles. The fourth-order valence-corrected chi connectivity index (χ4v) is 3.88. The lowest BCUT2D eigenvalue weighted by Crippen LogP contribution is -2.43. The number of nitrogens with zero attached hydrogens (tertiary/aromatic N) is 4. The minimum absolute atomic E-state index is 0.132. The smallest absolute Gasteiger partial charge is 0.254 e. The highest BCUT2D eigenvalue weighted by Crippen LogP contribution is 2.16. The molecule has 0 bridgehead atoms. The molecule has 0 atom stereocenters. The topological polar surface area (TPSA) is 53.4 Å². The summed E-state index contributed by atoms with van der Waals surface area (Å²) in [5, 5.41) is 7.96. The minimum Gasteiger partial charge on any atom is -0.348 e. The molecule has 1 amide bonds. The van der Waals surface area contributed by atoms with E-state index in [4.69, 9.17) is 11.6 Å². The van der Waals surface area contributed by atoms with E-state index in [1.165, 1.54) is 5.56 Å². The number of benzene rings is 2. The van der Waals surface area contributed by atoms with Crippen molar-refractivity contribution in [2.24, 2.45) is 0 Å². The van der Waals surface area contributed by atoms with Gasteiger partial charge in [-0.3, -0.25) is 14.4 Å². The third-order valence-electron chi connectivity index (χ3n) is 5.66. The normalized spacial score (nSPS) is 15.2. The number of piperazine rings is 1. The zero-order valence-electron chi connectivity index (χ0n) is 17.8. The molecule has 7 heteroatoms. The third kappa shape index (κ3) is 5.94. The van der Waals surface area contributed by atoms with Gasteiger partial charge >= 0.3 is 0 Å². The van der Waals surface area contributed by atoms with Gasteiger partial charge in [0.15, 0.2) is 0 Å². The van der Waals surface area contributed by atoms with Crippen LogP contribution in [0.4, 0.5) is 0 Å². The fraction of sp³-hybridized carbons (Fsp3) is 0.333. The first-order valence-electron chi connectivity index (χ1n) is 10.6. The van der Waals surface area contributed by atoms with E-state index in [2.05, 4.69) is 51.5 Å². The molecule has 2 aromatic carbocycles.